The second-order valence-electron chi connectivity index (χ2n) is 5.35. The van der Waals surface area contributed by atoms with Crippen LogP contribution in [0.4, 0.5) is 5.69 Å². The number of rotatable bonds is 3. The van der Waals surface area contributed by atoms with Gasteiger partial charge in [0.25, 0.3) is 0 Å². The van der Waals surface area contributed by atoms with Gasteiger partial charge < -0.3 is 5.32 Å². The zero-order valence-electron chi connectivity index (χ0n) is 13.6. The van der Waals surface area contributed by atoms with E-state index >= 15 is 0 Å². The molecule has 0 aliphatic heterocycles. The Bertz CT molecular complexity index is 730. The molecule has 1 aromatic heterocycles. The largest absolute Gasteiger partial charge is 0.331 e. The van der Waals surface area contributed by atoms with Crippen molar-refractivity contribution in [3.63, 3.8) is 0 Å². The molecular weight excluding hydrogens is 294 g/mol. The molecular formula is C16H21N5S. The highest BCUT2D eigenvalue weighted by atomic mass is 32.1. The van der Waals surface area contributed by atoms with Gasteiger partial charge in [0, 0.05) is 24.0 Å². The molecule has 0 spiro atoms. The van der Waals surface area contributed by atoms with Crippen LogP contribution in [-0.4, -0.2) is 21.1 Å². The molecule has 2 rings (SSSR count). The fraction of sp³-hybridized carbons (Fsp3) is 0.312. The molecule has 1 aromatic carbocycles. The van der Waals surface area contributed by atoms with Crippen LogP contribution in [0.15, 0.2) is 23.3 Å². The summed E-state index contributed by atoms with van der Waals surface area (Å²) in [4.78, 5) is 0. The SMILES string of the molecule is Cc1ccc(NC(=S)N/N=C\c2c(C)nn(C)c2C)c(C)c1. The molecule has 0 atom stereocenters. The van der Waals surface area contributed by atoms with Gasteiger partial charge in [-0.05, 0) is 51.5 Å². The quantitative estimate of drug-likeness (QED) is 0.519. The van der Waals surface area contributed by atoms with Crippen LogP contribution < -0.4 is 10.7 Å². The lowest BCUT2D eigenvalue weighted by molar-refractivity contribution is 0.731. The first-order valence-electron chi connectivity index (χ1n) is 7.06. The molecule has 0 fully saturated rings. The summed E-state index contributed by atoms with van der Waals surface area (Å²) in [6, 6.07) is 6.16. The number of hydrogen-bond acceptors (Lipinski definition) is 3. The van der Waals surface area contributed by atoms with Gasteiger partial charge in [-0.2, -0.15) is 10.2 Å². The van der Waals surface area contributed by atoms with E-state index in [4.69, 9.17) is 12.2 Å². The monoisotopic (exact) mass is 315 g/mol. The van der Waals surface area contributed by atoms with Crippen LogP contribution in [0.3, 0.4) is 0 Å². The van der Waals surface area contributed by atoms with Crippen LogP contribution in [0.2, 0.25) is 0 Å². The standard InChI is InChI=1S/C16H21N5S/c1-10-6-7-15(11(2)8-10)18-16(22)19-17-9-14-12(3)20-21(5)13(14)4/h6-9H,1-5H3,(H2,18,19,22)/b17-9-. The molecule has 0 saturated carbocycles. The Morgan fingerprint density at radius 2 is 2.00 bits per heavy atom. The van der Waals surface area contributed by atoms with Gasteiger partial charge >= 0.3 is 0 Å². The summed E-state index contributed by atoms with van der Waals surface area (Å²) in [5.74, 6) is 0. The lowest BCUT2D eigenvalue weighted by atomic mass is 10.1. The number of benzene rings is 1. The first-order valence-corrected chi connectivity index (χ1v) is 7.47. The normalized spacial score (nSPS) is 11.0. The summed E-state index contributed by atoms with van der Waals surface area (Å²) in [5, 5.41) is 12.1. The van der Waals surface area contributed by atoms with E-state index in [1.165, 1.54) is 5.56 Å². The van der Waals surface area contributed by atoms with Crippen molar-refractivity contribution in [1.82, 2.24) is 15.2 Å². The lowest BCUT2D eigenvalue weighted by Gasteiger charge is -2.10. The highest BCUT2D eigenvalue weighted by molar-refractivity contribution is 7.80. The Balaban J connectivity index is 1.99. The summed E-state index contributed by atoms with van der Waals surface area (Å²) < 4.78 is 1.84. The number of aromatic nitrogens is 2. The van der Waals surface area contributed by atoms with Gasteiger partial charge in [0.05, 0.1) is 11.9 Å². The summed E-state index contributed by atoms with van der Waals surface area (Å²) in [5.41, 5.74) is 9.20. The molecule has 1 heterocycles. The van der Waals surface area contributed by atoms with Crippen LogP contribution in [0.5, 0.6) is 0 Å². The molecule has 0 aliphatic carbocycles. The minimum Gasteiger partial charge on any atom is -0.331 e. The third-order valence-corrected chi connectivity index (χ3v) is 3.75. The van der Waals surface area contributed by atoms with Crippen LogP contribution in [0.1, 0.15) is 28.1 Å². The van der Waals surface area contributed by atoms with E-state index in [2.05, 4.69) is 33.9 Å². The molecule has 0 saturated heterocycles. The molecule has 2 aromatic rings. The van der Waals surface area contributed by atoms with Crippen molar-refractivity contribution in [3.8, 4) is 0 Å². The minimum atomic E-state index is 0.461. The van der Waals surface area contributed by atoms with Crippen molar-refractivity contribution in [2.75, 3.05) is 5.32 Å². The maximum Gasteiger partial charge on any atom is 0.191 e. The highest BCUT2D eigenvalue weighted by Crippen LogP contribution is 2.15. The average Bonchev–Trinajstić information content (AvgIpc) is 2.68. The van der Waals surface area contributed by atoms with E-state index in [1.807, 2.05) is 44.6 Å². The van der Waals surface area contributed by atoms with E-state index in [-0.39, 0.29) is 0 Å². The molecule has 6 heteroatoms. The van der Waals surface area contributed by atoms with Crippen molar-refractivity contribution < 1.29 is 0 Å². The summed E-state index contributed by atoms with van der Waals surface area (Å²) in [6.45, 7) is 8.08. The maximum absolute atomic E-state index is 5.26. The van der Waals surface area contributed by atoms with Crippen molar-refractivity contribution in [3.05, 3.63) is 46.3 Å². The van der Waals surface area contributed by atoms with Gasteiger partial charge in [0.2, 0.25) is 0 Å². The Labute approximate surface area is 136 Å². The summed E-state index contributed by atoms with van der Waals surface area (Å²) >= 11 is 5.26. The first-order chi connectivity index (χ1) is 10.4. The van der Waals surface area contributed by atoms with Crippen LogP contribution >= 0.6 is 12.2 Å². The highest BCUT2D eigenvalue weighted by Gasteiger charge is 2.06. The van der Waals surface area contributed by atoms with Gasteiger partial charge in [0.1, 0.15) is 0 Å². The maximum atomic E-state index is 5.26. The van der Waals surface area contributed by atoms with Crippen LogP contribution in [0.25, 0.3) is 0 Å². The Morgan fingerprint density at radius 3 is 2.59 bits per heavy atom. The van der Waals surface area contributed by atoms with E-state index < -0.39 is 0 Å². The molecule has 0 bridgehead atoms. The van der Waals surface area contributed by atoms with Crippen LogP contribution in [-0.2, 0) is 7.05 Å². The van der Waals surface area contributed by atoms with E-state index in [0.717, 1.165) is 28.2 Å². The molecule has 22 heavy (non-hydrogen) atoms. The number of hydrogen-bond donors (Lipinski definition) is 2. The molecule has 0 unspecified atom stereocenters. The smallest absolute Gasteiger partial charge is 0.191 e. The predicted molar refractivity (Wildman–Crippen MR) is 95.5 cm³/mol. The lowest BCUT2D eigenvalue weighted by Crippen LogP contribution is -2.24. The van der Waals surface area contributed by atoms with Gasteiger partial charge in [-0.15, -0.1) is 0 Å². The predicted octanol–water partition coefficient (Wildman–Crippen LogP) is 2.97. The zero-order valence-corrected chi connectivity index (χ0v) is 14.4. The number of anilines is 1. The third-order valence-electron chi connectivity index (χ3n) is 3.55. The molecule has 0 radical (unpaired) electrons. The molecule has 116 valence electrons. The minimum absolute atomic E-state index is 0.461. The van der Waals surface area contributed by atoms with Crippen molar-refractivity contribution >= 4 is 29.2 Å². The first kappa shape index (κ1) is 16.2. The Kier molecular flexibility index (Phi) is 4.92. The number of aryl methyl sites for hydroxylation is 4. The fourth-order valence-corrected chi connectivity index (χ4v) is 2.40. The summed E-state index contributed by atoms with van der Waals surface area (Å²) in [7, 11) is 1.92. The number of thiocarbonyl (C=S) groups is 1. The van der Waals surface area contributed by atoms with Crippen molar-refractivity contribution in [2.24, 2.45) is 12.1 Å². The van der Waals surface area contributed by atoms with Crippen molar-refractivity contribution in [2.45, 2.75) is 27.7 Å². The van der Waals surface area contributed by atoms with Crippen molar-refractivity contribution in [1.29, 1.82) is 0 Å². The number of nitrogens with zero attached hydrogens (tertiary/aromatic N) is 3. The molecule has 2 N–H and O–H groups in total. The molecule has 0 aliphatic rings. The van der Waals surface area contributed by atoms with Crippen LogP contribution in [0, 0.1) is 27.7 Å². The summed E-state index contributed by atoms with van der Waals surface area (Å²) in [6.07, 6.45) is 1.74. The van der Waals surface area contributed by atoms with Gasteiger partial charge in [0.15, 0.2) is 5.11 Å². The van der Waals surface area contributed by atoms with Gasteiger partial charge in [-0.3, -0.25) is 10.1 Å². The van der Waals surface area contributed by atoms with Gasteiger partial charge in [-0.1, -0.05) is 17.7 Å². The molecule has 0 amide bonds. The topological polar surface area (TPSA) is 54.2 Å². The van der Waals surface area contributed by atoms with Gasteiger partial charge in [-0.25, -0.2) is 0 Å². The second-order valence-corrected chi connectivity index (χ2v) is 5.76. The Hall–Kier alpha value is -2.21. The molecule has 5 nitrogen and oxygen atoms in total. The average molecular weight is 315 g/mol. The number of nitrogens with one attached hydrogen (secondary N) is 2. The number of hydrazone groups is 1. The third kappa shape index (κ3) is 3.71. The Morgan fingerprint density at radius 1 is 1.27 bits per heavy atom. The van der Waals surface area contributed by atoms with E-state index in [1.54, 1.807) is 6.21 Å². The second kappa shape index (κ2) is 6.70. The fourth-order valence-electron chi connectivity index (χ4n) is 2.24. The zero-order chi connectivity index (χ0) is 16.3. The van der Waals surface area contributed by atoms with E-state index in [9.17, 15) is 0 Å². The van der Waals surface area contributed by atoms with E-state index in [0.29, 0.717) is 5.11 Å².